The maximum atomic E-state index is 12.4. The van der Waals surface area contributed by atoms with Crippen molar-refractivity contribution < 1.29 is 9.59 Å². The number of rotatable bonds is 6. The van der Waals surface area contributed by atoms with Crippen LogP contribution in [0.25, 0.3) is 10.9 Å². The van der Waals surface area contributed by atoms with Crippen molar-refractivity contribution in [1.29, 1.82) is 0 Å². The molecule has 1 atom stereocenters. The standard InChI is InChI=1S/C18H24N5O2/c1-13(18(19)25)12-22-6-8-23(9-7-22)17(24)5-3-14-2-4-16-15(10-14)11-20-21-16/h2,4-5,10-11,13H,3,6-9,12H2,1H3,(H2,19,25)(H,20,21). The summed E-state index contributed by atoms with van der Waals surface area (Å²) < 4.78 is 0. The molecule has 1 fully saturated rings. The van der Waals surface area contributed by atoms with Crippen LogP contribution in [-0.2, 0) is 16.0 Å². The summed E-state index contributed by atoms with van der Waals surface area (Å²) in [4.78, 5) is 27.6. The SMILES string of the molecule is CC(CN1CCN(C(=O)[CH]Cc2ccc3[nH]ncc3c2)CC1)C(N)=O. The number of piperazine rings is 1. The first-order chi connectivity index (χ1) is 12.0. The first kappa shape index (κ1) is 17.4. The maximum absolute atomic E-state index is 12.4. The van der Waals surface area contributed by atoms with Crippen LogP contribution in [0.5, 0.6) is 0 Å². The van der Waals surface area contributed by atoms with E-state index in [0.29, 0.717) is 26.1 Å². The lowest BCUT2D eigenvalue weighted by molar-refractivity contribution is -0.130. The number of primary amides is 1. The maximum Gasteiger partial charge on any atom is 0.226 e. The number of nitrogens with zero attached hydrogens (tertiary/aromatic N) is 3. The number of H-pyrrole nitrogens is 1. The minimum absolute atomic E-state index is 0.0647. The van der Waals surface area contributed by atoms with E-state index in [1.54, 1.807) is 12.6 Å². The molecule has 2 heterocycles. The van der Waals surface area contributed by atoms with Gasteiger partial charge in [0.25, 0.3) is 0 Å². The molecule has 2 aromatic rings. The third-order valence-electron chi connectivity index (χ3n) is 4.72. The number of carbonyl (C=O) groups excluding carboxylic acids is 2. The van der Waals surface area contributed by atoms with Gasteiger partial charge in [-0.1, -0.05) is 13.0 Å². The van der Waals surface area contributed by atoms with Crippen molar-refractivity contribution in [3.63, 3.8) is 0 Å². The fourth-order valence-electron chi connectivity index (χ4n) is 3.08. The molecule has 1 aliphatic rings. The third kappa shape index (κ3) is 4.36. The largest absolute Gasteiger partial charge is 0.369 e. The van der Waals surface area contributed by atoms with Crippen molar-refractivity contribution >= 4 is 22.7 Å². The fraction of sp³-hybridized carbons (Fsp3) is 0.444. The summed E-state index contributed by atoms with van der Waals surface area (Å²) in [5.74, 6) is -0.372. The smallest absolute Gasteiger partial charge is 0.226 e. The van der Waals surface area contributed by atoms with Crippen LogP contribution in [-0.4, -0.2) is 64.5 Å². The Balaban J connectivity index is 1.45. The number of hydrogen-bond acceptors (Lipinski definition) is 4. The van der Waals surface area contributed by atoms with Crippen molar-refractivity contribution in [3.05, 3.63) is 36.4 Å². The van der Waals surface area contributed by atoms with Crippen molar-refractivity contribution in [2.24, 2.45) is 11.7 Å². The highest BCUT2D eigenvalue weighted by molar-refractivity contribution is 5.85. The fourth-order valence-corrected chi connectivity index (χ4v) is 3.08. The van der Waals surface area contributed by atoms with Gasteiger partial charge in [0, 0.05) is 44.0 Å². The van der Waals surface area contributed by atoms with E-state index >= 15 is 0 Å². The lowest BCUT2D eigenvalue weighted by Crippen LogP contribution is -2.50. The van der Waals surface area contributed by atoms with Gasteiger partial charge in [-0.15, -0.1) is 0 Å². The number of aromatic amines is 1. The number of hydrogen-bond donors (Lipinski definition) is 2. The number of nitrogens with two attached hydrogens (primary N) is 1. The van der Waals surface area contributed by atoms with E-state index in [1.165, 1.54) is 0 Å². The molecule has 1 radical (unpaired) electrons. The Labute approximate surface area is 147 Å². The molecular formula is C18H24N5O2. The van der Waals surface area contributed by atoms with Crippen LogP contribution >= 0.6 is 0 Å². The molecule has 1 aliphatic heterocycles. The Morgan fingerprint density at radius 3 is 2.80 bits per heavy atom. The van der Waals surface area contributed by atoms with Crippen LogP contribution in [0.15, 0.2) is 24.4 Å². The average molecular weight is 342 g/mol. The van der Waals surface area contributed by atoms with E-state index in [9.17, 15) is 9.59 Å². The van der Waals surface area contributed by atoms with Crippen molar-refractivity contribution in [2.45, 2.75) is 13.3 Å². The second kappa shape index (κ2) is 7.65. The predicted octanol–water partition coefficient (Wildman–Crippen LogP) is 0.575. The van der Waals surface area contributed by atoms with Gasteiger partial charge in [0.2, 0.25) is 11.8 Å². The molecule has 0 aliphatic carbocycles. The van der Waals surface area contributed by atoms with Crippen LogP contribution in [0, 0.1) is 12.3 Å². The zero-order valence-electron chi connectivity index (χ0n) is 14.4. The first-order valence-corrected chi connectivity index (χ1v) is 8.58. The zero-order valence-corrected chi connectivity index (χ0v) is 14.4. The quantitative estimate of drug-likeness (QED) is 0.802. The Kier molecular flexibility index (Phi) is 5.33. The monoisotopic (exact) mass is 342 g/mol. The predicted molar refractivity (Wildman–Crippen MR) is 95.5 cm³/mol. The number of amides is 2. The molecule has 1 saturated heterocycles. The lowest BCUT2D eigenvalue weighted by Gasteiger charge is -2.35. The van der Waals surface area contributed by atoms with Gasteiger partial charge in [-0.2, -0.15) is 5.10 Å². The van der Waals surface area contributed by atoms with Gasteiger partial charge in [-0.3, -0.25) is 19.6 Å². The first-order valence-electron chi connectivity index (χ1n) is 8.58. The number of benzene rings is 1. The van der Waals surface area contributed by atoms with E-state index in [0.717, 1.165) is 29.6 Å². The topological polar surface area (TPSA) is 95.3 Å². The second-order valence-electron chi connectivity index (χ2n) is 6.63. The lowest BCUT2D eigenvalue weighted by atomic mass is 10.1. The van der Waals surface area contributed by atoms with Gasteiger partial charge < -0.3 is 10.6 Å². The summed E-state index contributed by atoms with van der Waals surface area (Å²) >= 11 is 0. The Hall–Kier alpha value is -2.41. The van der Waals surface area contributed by atoms with Gasteiger partial charge >= 0.3 is 0 Å². The van der Waals surface area contributed by atoms with E-state index in [2.05, 4.69) is 15.1 Å². The molecule has 25 heavy (non-hydrogen) atoms. The van der Waals surface area contributed by atoms with Gasteiger partial charge in [0.05, 0.1) is 18.1 Å². The highest BCUT2D eigenvalue weighted by atomic mass is 16.2. The molecule has 2 amide bonds. The summed E-state index contributed by atoms with van der Waals surface area (Å²) in [7, 11) is 0. The minimum atomic E-state index is -0.276. The normalized spacial score (nSPS) is 16.9. The molecule has 7 nitrogen and oxygen atoms in total. The van der Waals surface area contributed by atoms with Crippen LogP contribution in [0.2, 0.25) is 0 Å². The number of aromatic nitrogens is 2. The van der Waals surface area contributed by atoms with Gasteiger partial charge in [-0.25, -0.2) is 0 Å². The summed E-state index contributed by atoms with van der Waals surface area (Å²) in [5.41, 5.74) is 7.40. The number of carbonyl (C=O) groups is 2. The minimum Gasteiger partial charge on any atom is -0.369 e. The Morgan fingerprint density at radius 1 is 1.32 bits per heavy atom. The molecule has 133 valence electrons. The molecule has 1 aromatic carbocycles. The van der Waals surface area contributed by atoms with E-state index in [-0.39, 0.29) is 17.7 Å². The molecule has 0 spiro atoms. The average Bonchev–Trinajstić information content (AvgIpc) is 3.08. The molecule has 1 aromatic heterocycles. The van der Waals surface area contributed by atoms with Crippen molar-refractivity contribution in [3.8, 4) is 0 Å². The van der Waals surface area contributed by atoms with Gasteiger partial charge in [0.1, 0.15) is 0 Å². The highest BCUT2D eigenvalue weighted by Crippen LogP contribution is 2.15. The molecular weight excluding hydrogens is 318 g/mol. The van der Waals surface area contributed by atoms with Crippen molar-refractivity contribution in [1.82, 2.24) is 20.0 Å². The highest BCUT2D eigenvalue weighted by Gasteiger charge is 2.23. The summed E-state index contributed by atoms with van der Waals surface area (Å²) in [6.07, 6.45) is 4.13. The van der Waals surface area contributed by atoms with Crippen LogP contribution < -0.4 is 5.73 Å². The Bertz CT molecular complexity index is 749. The Morgan fingerprint density at radius 2 is 2.08 bits per heavy atom. The van der Waals surface area contributed by atoms with Crippen molar-refractivity contribution in [2.75, 3.05) is 32.7 Å². The molecule has 0 bridgehead atoms. The van der Waals surface area contributed by atoms with Gasteiger partial charge in [0.15, 0.2) is 0 Å². The molecule has 3 rings (SSSR count). The van der Waals surface area contributed by atoms with Crippen LogP contribution in [0.1, 0.15) is 12.5 Å². The van der Waals surface area contributed by atoms with E-state index < -0.39 is 0 Å². The van der Waals surface area contributed by atoms with E-state index in [4.69, 9.17) is 5.73 Å². The number of fused-ring (bicyclic) bond motifs is 1. The third-order valence-corrected chi connectivity index (χ3v) is 4.72. The van der Waals surface area contributed by atoms with E-state index in [1.807, 2.05) is 30.0 Å². The second-order valence-corrected chi connectivity index (χ2v) is 6.63. The molecule has 3 N–H and O–H groups in total. The molecule has 7 heteroatoms. The molecule has 1 unspecified atom stereocenters. The summed E-state index contributed by atoms with van der Waals surface area (Å²) in [5, 5.41) is 7.98. The summed E-state index contributed by atoms with van der Waals surface area (Å²) in [6, 6.07) is 6.04. The molecule has 0 saturated carbocycles. The van der Waals surface area contributed by atoms with Crippen LogP contribution in [0.3, 0.4) is 0 Å². The zero-order chi connectivity index (χ0) is 17.8. The summed E-state index contributed by atoms with van der Waals surface area (Å²) in [6.45, 7) is 5.41. The van der Waals surface area contributed by atoms with Crippen LogP contribution in [0.4, 0.5) is 0 Å². The van der Waals surface area contributed by atoms with Gasteiger partial charge in [-0.05, 0) is 24.1 Å². The number of nitrogens with one attached hydrogen (secondary N) is 1.